The molecule has 0 aliphatic heterocycles. The quantitative estimate of drug-likeness (QED) is 0.821. The summed E-state index contributed by atoms with van der Waals surface area (Å²) < 4.78 is 6.03. The minimum Gasteiger partial charge on any atom is -0.478 e. The molecule has 24 heavy (non-hydrogen) atoms. The van der Waals surface area contributed by atoms with Gasteiger partial charge in [-0.15, -0.1) is 0 Å². The molecule has 126 valence electrons. The van der Waals surface area contributed by atoms with E-state index < -0.39 is 11.9 Å². The number of aromatic nitrogens is 2. The first-order chi connectivity index (χ1) is 11.4. The standard InChI is InChI=1S/C16H17N3O5/c1-10-3-4-11(16(22)23)9-13(10)17-15(21)12-5-6-14(20)19(18-12)7-8-24-2/h3-6,9H,7-8H2,1-2H3,(H,17,21)(H,22,23). The van der Waals surface area contributed by atoms with Gasteiger partial charge in [-0.3, -0.25) is 9.59 Å². The normalized spacial score (nSPS) is 10.4. The number of methoxy groups -OCH3 is 1. The van der Waals surface area contributed by atoms with Gasteiger partial charge in [-0.1, -0.05) is 6.07 Å². The Kier molecular flexibility index (Phi) is 5.43. The third-order valence-corrected chi connectivity index (χ3v) is 3.34. The zero-order chi connectivity index (χ0) is 17.7. The number of rotatable bonds is 6. The minimum atomic E-state index is -1.09. The second kappa shape index (κ2) is 7.51. The minimum absolute atomic E-state index is 0.0471. The fourth-order valence-corrected chi connectivity index (χ4v) is 1.98. The lowest BCUT2D eigenvalue weighted by Crippen LogP contribution is -2.27. The van der Waals surface area contributed by atoms with Crippen molar-refractivity contribution in [1.29, 1.82) is 0 Å². The molecule has 0 saturated heterocycles. The number of hydrogen-bond acceptors (Lipinski definition) is 5. The molecule has 0 spiro atoms. The number of nitrogens with zero attached hydrogens (tertiary/aromatic N) is 2. The van der Waals surface area contributed by atoms with Crippen molar-refractivity contribution in [1.82, 2.24) is 9.78 Å². The first kappa shape index (κ1) is 17.4. The average Bonchev–Trinajstić information content (AvgIpc) is 2.55. The molecular formula is C16H17N3O5. The van der Waals surface area contributed by atoms with E-state index in [1.54, 1.807) is 13.0 Å². The number of hydrogen-bond donors (Lipinski definition) is 2. The van der Waals surface area contributed by atoms with Crippen LogP contribution in [0.1, 0.15) is 26.4 Å². The summed E-state index contributed by atoms with van der Waals surface area (Å²) in [7, 11) is 1.50. The van der Waals surface area contributed by atoms with Gasteiger partial charge in [0.05, 0.1) is 18.7 Å². The number of ether oxygens (including phenoxy) is 1. The van der Waals surface area contributed by atoms with E-state index in [1.165, 1.54) is 31.4 Å². The van der Waals surface area contributed by atoms with E-state index in [4.69, 9.17) is 9.84 Å². The Morgan fingerprint density at radius 1 is 1.29 bits per heavy atom. The Bertz CT molecular complexity index is 829. The lowest BCUT2D eigenvalue weighted by atomic mass is 10.1. The largest absolute Gasteiger partial charge is 0.478 e. The highest BCUT2D eigenvalue weighted by molar-refractivity contribution is 6.03. The van der Waals surface area contributed by atoms with Crippen molar-refractivity contribution in [2.24, 2.45) is 0 Å². The summed E-state index contributed by atoms with van der Waals surface area (Å²) in [5.74, 6) is -1.62. The van der Waals surface area contributed by atoms with Crippen LogP contribution in [0.5, 0.6) is 0 Å². The van der Waals surface area contributed by atoms with Crippen molar-refractivity contribution in [2.75, 3.05) is 19.0 Å². The number of benzene rings is 1. The number of aryl methyl sites for hydroxylation is 1. The summed E-state index contributed by atoms with van der Waals surface area (Å²) in [6.07, 6.45) is 0. The molecule has 8 heteroatoms. The molecule has 0 saturated carbocycles. The van der Waals surface area contributed by atoms with Crippen LogP contribution in [-0.4, -0.2) is 40.5 Å². The third kappa shape index (κ3) is 4.05. The van der Waals surface area contributed by atoms with Crippen molar-refractivity contribution < 1.29 is 19.4 Å². The van der Waals surface area contributed by atoms with Gasteiger partial charge in [0, 0.05) is 18.9 Å². The van der Waals surface area contributed by atoms with E-state index in [0.717, 1.165) is 4.68 Å². The average molecular weight is 331 g/mol. The lowest BCUT2D eigenvalue weighted by molar-refractivity contribution is 0.0696. The van der Waals surface area contributed by atoms with E-state index >= 15 is 0 Å². The number of carbonyl (C=O) groups excluding carboxylic acids is 1. The van der Waals surface area contributed by atoms with E-state index in [2.05, 4.69) is 10.4 Å². The molecule has 2 aromatic rings. The van der Waals surface area contributed by atoms with Crippen LogP contribution >= 0.6 is 0 Å². The zero-order valence-electron chi connectivity index (χ0n) is 13.3. The van der Waals surface area contributed by atoms with Crippen LogP contribution in [0, 0.1) is 6.92 Å². The van der Waals surface area contributed by atoms with Crippen molar-refractivity contribution in [2.45, 2.75) is 13.5 Å². The predicted octanol–water partition coefficient (Wildman–Crippen LogP) is 1.15. The highest BCUT2D eigenvalue weighted by Crippen LogP contribution is 2.17. The van der Waals surface area contributed by atoms with Crippen molar-refractivity contribution in [3.63, 3.8) is 0 Å². The molecule has 1 heterocycles. The fraction of sp³-hybridized carbons (Fsp3) is 0.250. The fourth-order valence-electron chi connectivity index (χ4n) is 1.98. The van der Waals surface area contributed by atoms with E-state index in [9.17, 15) is 14.4 Å². The van der Waals surface area contributed by atoms with Gasteiger partial charge in [0.15, 0.2) is 0 Å². The molecule has 0 aliphatic rings. The molecule has 0 radical (unpaired) electrons. The Balaban J connectivity index is 2.25. The third-order valence-electron chi connectivity index (χ3n) is 3.34. The Morgan fingerprint density at radius 2 is 2.04 bits per heavy atom. The molecule has 0 bridgehead atoms. The lowest BCUT2D eigenvalue weighted by Gasteiger charge is -2.10. The van der Waals surface area contributed by atoms with Gasteiger partial charge in [-0.2, -0.15) is 5.10 Å². The van der Waals surface area contributed by atoms with Crippen molar-refractivity contribution in [3.8, 4) is 0 Å². The van der Waals surface area contributed by atoms with Gasteiger partial charge in [0.25, 0.3) is 11.5 Å². The molecule has 1 aromatic heterocycles. The van der Waals surface area contributed by atoms with Crippen molar-refractivity contribution in [3.05, 3.63) is 57.5 Å². The molecule has 0 atom stereocenters. The number of carbonyl (C=O) groups is 2. The molecule has 0 unspecified atom stereocenters. The van der Waals surface area contributed by atoms with Gasteiger partial charge in [-0.25, -0.2) is 9.48 Å². The first-order valence-corrected chi connectivity index (χ1v) is 7.15. The predicted molar refractivity (Wildman–Crippen MR) is 86.5 cm³/mol. The van der Waals surface area contributed by atoms with E-state index in [0.29, 0.717) is 11.3 Å². The van der Waals surface area contributed by atoms with Crippen LogP contribution < -0.4 is 10.9 Å². The van der Waals surface area contributed by atoms with Crippen LogP contribution in [-0.2, 0) is 11.3 Å². The first-order valence-electron chi connectivity index (χ1n) is 7.15. The number of aromatic carboxylic acids is 1. The molecule has 8 nitrogen and oxygen atoms in total. The molecule has 1 amide bonds. The summed E-state index contributed by atoms with van der Waals surface area (Å²) >= 11 is 0. The Morgan fingerprint density at radius 3 is 2.71 bits per heavy atom. The SMILES string of the molecule is COCCn1nc(C(=O)Nc2cc(C(=O)O)ccc2C)ccc1=O. The molecule has 0 fully saturated rings. The molecular weight excluding hydrogens is 314 g/mol. The molecule has 1 aromatic carbocycles. The molecule has 2 rings (SSSR count). The summed E-state index contributed by atoms with van der Waals surface area (Å²) in [5.41, 5.74) is 0.852. The monoisotopic (exact) mass is 331 g/mol. The van der Waals surface area contributed by atoms with E-state index in [1.807, 2.05) is 0 Å². The highest BCUT2D eigenvalue weighted by atomic mass is 16.5. The van der Waals surface area contributed by atoms with Gasteiger partial charge in [-0.05, 0) is 30.7 Å². The summed E-state index contributed by atoms with van der Waals surface area (Å²) in [6.45, 7) is 2.26. The maximum absolute atomic E-state index is 12.3. The van der Waals surface area contributed by atoms with Crippen LogP contribution in [0.4, 0.5) is 5.69 Å². The number of carboxylic acids is 1. The summed E-state index contributed by atoms with van der Waals surface area (Å²) in [6, 6.07) is 6.99. The van der Waals surface area contributed by atoms with Crippen molar-refractivity contribution >= 4 is 17.6 Å². The number of carboxylic acid groups (broad SMARTS) is 1. The Hall–Kier alpha value is -3.00. The van der Waals surface area contributed by atoms with Gasteiger partial charge < -0.3 is 15.2 Å². The highest BCUT2D eigenvalue weighted by Gasteiger charge is 2.13. The van der Waals surface area contributed by atoms with Crippen LogP contribution in [0.25, 0.3) is 0 Å². The maximum Gasteiger partial charge on any atom is 0.335 e. The van der Waals surface area contributed by atoms with Gasteiger partial charge in [0.2, 0.25) is 0 Å². The molecule has 0 aliphatic carbocycles. The molecule has 2 N–H and O–H groups in total. The van der Waals surface area contributed by atoms with Crippen LogP contribution in [0.2, 0.25) is 0 Å². The number of anilines is 1. The van der Waals surface area contributed by atoms with E-state index in [-0.39, 0.29) is 30.0 Å². The maximum atomic E-state index is 12.3. The van der Waals surface area contributed by atoms with Crippen LogP contribution in [0.15, 0.2) is 35.1 Å². The smallest absolute Gasteiger partial charge is 0.335 e. The second-order valence-electron chi connectivity index (χ2n) is 5.06. The zero-order valence-corrected chi connectivity index (χ0v) is 13.3. The Labute approximate surface area is 137 Å². The summed E-state index contributed by atoms with van der Waals surface area (Å²) in [4.78, 5) is 35.0. The van der Waals surface area contributed by atoms with Crippen LogP contribution in [0.3, 0.4) is 0 Å². The van der Waals surface area contributed by atoms with Gasteiger partial charge in [0.1, 0.15) is 5.69 Å². The number of amides is 1. The topological polar surface area (TPSA) is 111 Å². The second-order valence-corrected chi connectivity index (χ2v) is 5.06. The summed E-state index contributed by atoms with van der Waals surface area (Å²) in [5, 5.41) is 15.6. The van der Waals surface area contributed by atoms with Gasteiger partial charge >= 0.3 is 5.97 Å². The number of nitrogens with one attached hydrogen (secondary N) is 1.